The largest absolute Gasteiger partial charge is 0.309 e. The summed E-state index contributed by atoms with van der Waals surface area (Å²) in [6.45, 7) is 8.88. The van der Waals surface area contributed by atoms with Crippen LogP contribution >= 0.6 is 23.2 Å². The van der Waals surface area contributed by atoms with Gasteiger partial charge in [-0.2, -0.15) is 0 Å². The second kappa shape index (κ2) is 6.20. The third-order valence-corrected chi connectivity index (χ3v) is 5.28. The van der Waals surface area contributed by atoms with Gasteiger partial charge < -0.3 is 5.32 Å². The molecule has 0 saturated carbocycles. The van der Waals surface area contributed by atoms with Gasteiger partial charge in [0.2, 0.25) is 0 Å². The van der Waals surface area contributed by atoms with Crippen LogP contribution in [0.15, 0.2) is 18.2 Å². The van der Waals surface area contributed by atoms with E-state index in [0.29, 0.717) is 16.1 Å². The average Bonchev–Trinajstić information content (AvgIpc) is 2.49. The number of rotatable bonds is 4. The summed E-state index contributed by atoms with van der Waals surface area (Å²) in [5, 5.41) is 4.94. The summed E-state index contributed by atoms with van der Waals surface area (Å²) < 4.78 is 0. The van der Waals surface area contributed by atoms with Crippen molar-refractivity contribution < 1.29 is 0 Å². The molecule has 2 unspecified atom stereocenters. The number of piperazine rings is 3. The summed E-state index contributed by atoms with van der Waals surface area (Å²) in [7, 11) is 0. The van der Waals surface area contributed by atoms with Gasteiger partial charge in [0, 0.05) is 38.8 Å². The quantitative estimate of drug-likeness (QED) is 0.922. The van der Waals surface area contributed by atoms with E-state index in [9.17, 15) is 0 Å². The van der Waals surface area contributed by atoms with Gasteiger partial charge in [0.15, 0.2) is 0 Å². The standard InChI is InChI=1S/C15H21Cl2N3/c1-2-18-15(11-4-3-5-12(16)14(11)17)13-10-19-6-8-20(13)9-7-19/h3-5,13,15,18H,2,6-10H2,1H3. The molecule has 3 fully saturated rings. The molecule has 2 bridgehead atoms. The van der Waals surface area contributed by atoms with E-state index < -0.39 is 0 Å². The van der Waals surface area contributed by atoms with Crippen LogP contribution in [-0.4, -0.2) is 55.1 Å². The molecule has 0 amide bonds. The second-order valence-electron chi connectivity index (χ2n) is 5.58. The highest BCUT2D eigenvalue weighted by Crippen LogP contribution is 2.34. The van der Waals surface area contributed by atoms with Crippen LogP contribution in [0.1, 0.15) is 18.5 Å². The Labute approximate surface area is 130 Å². The van der Waals surface area contributed by atoms with Crippen molar-refractivity contribution in [2.75, 3.05) is 39.3 Å². The Balaban J connectivity index is 1.90. The molecule has 2 atom stereocenters. The number of hydrogen-bond donors (Lipinski definition) is 1. The molecule has 5 heteroatoms. The van der Waals surface area contributed by atoms with E-state index in [0.717, 1.165) is 31.7 Å². The second-order valence-corrected chi connectivity index (χ2v) is 6.37. The van der Waals surface area contributed by atoms with Crippen molar-refractivity contribution in [3.8, 4) is 0 Å². The molecule has 0 spiro atoms. The van der Waals surface area contributed by atoms with Gasteiger partial charge >= 0.3 is 0 Å². The zero-order chi connectivity index (χ0) is 14.1. The minimum atomic E-state index is 0.245. The van der Waals surface area contributed by atoms with Gasteiger partial charge in [-0.3, -0.25) is 9.80 Å². The molecule has 3 nitrogen and oxygen atoms in total. The molecule has 3 saturated heterocycles. The fraction of sp³-hybridized carbons (Fsp3) is 0.600. The van der Waals surface area contributed by atoms with Crippen molar-refractivity contribution in [3.63, 3.8) is 0 Å². The third kappa shape index (κ3) is 2.70. The van der Waals surface area contributed by atoms with Gasteiger partial charge in [-0.1, -0.05) is 42.3 Å². The lowest BCUT2D eigenvalue weighted by Gasteiger charge is -2.50. The van der Waals surface area contributed by atoms with Crippen LogP contribution < -0.4 is 5.32 Å². The first-order valence-corrected chi connectivity index (χ1v) is 8.10. The van der Waals surface area contributed by atoms with Crippen molar-refractivity contribution in [1.82, 2.24) is 15.1 Å². The van der Waals surface area contributed by atoms with E-state index >= 15 is 0 Å². The molecule has 1 aromatic carbocycles. The number of halogens is 2. The van der Waals surface area contributed by atoms with Crippen molar-refractivity contribution in [1.29, 1.82) is 0 Å². The first-order chi connectivity index (χ1) is 9.70. The molecule has 1 aromatic rings. The highest BCUT2D eigenvalue weighted by molar-refractivity contribution is 6.42. The lowest BCUT2D eigenvalue weighted by molar-refractivity contribution is -0.00341. The Hall–Kier alpha value is -0.320. The number of nitrogens with one attached hydrogen (secondary N) is 1. The lowest BCUT2D eigenvalue weighted by atomic mass is 9.94. The van der Waals surface area contributed by atoms with Crippen molar-refractivity contribution in [2.45, 2.75) is 19.0 Å². The minimum absolute atomic E-state index is 0.245. The molecule has 20 heavy (non-hydrogen) atoms. The molecule has 0 aliphatic carbocycles. The van der Waals surface area contributed by atoms with Gasteiger partial charge in [0.05, 0.1) is 16.1 Å². The molecule has 3 aliphatic heterocycles. The maximum atomic E-state index is 6.44. The molecular weight excluding hydrogens is 293 g/mol. The molecular formula is C15H21Cl2N3. The van der Waals surface area contributed by atoms with Gasteiger partial charge in [0.25, 0.3) is 0 Å². The topological polar surface area (TPSA) is 18.5 Å². The zero-order valence-electron chi connectivity index (χ0n) is 11.8. The van der Waals surface area contributed by atoms with Gasteiger partial charge in [0.1, 0.15) is 0 Å². The number of benzene rings is 1. The normalized spacial score (nSPS) is 30.4. The average molecular weight is 314 g/mol. The van der Waals surface area contributed by atoms with Crippen LogP contribution in [-0.2, 0) is 0 Å². The van der Waals surface area contributed by atoms with E-state index in [2.05, 4.69) is 28.1 Å². The zero-order valence-corrected chi connectivity index (χ0v) is 13.3. The first kappa shape index (κ1) is 14.6. The Kier molecular flexibility index (Phi) is 4.53. The van der Waals surface area contributed by atoms with E-state index in [1.807, 2.05) is 12.1 Å². The Morgan fingerprint density at radius 3 is 2.60 bits per heavy atom. The maximum Gasteiger partial charge on any atom is 0.0640 e. The number of fused-ring (bicyclic) bond motifs is 3. The third-order valence-electron chi connectivity index (χ3n) is 4.45. The van der Waals surface area contributed by atoms with Crippen molar-refractivity contribution in [2.24, 2.45) is 0 Å². The van der Waals surface area contributed by atoms with E-state index in [4.69, 9.17) is 23.2 Å². The van der Waals surface area contributed by atoms with Crippen LogP contribution in [0.5, 0.6) is 0 Å². The highest BCUT2D eigenvalue weighted by Gasteiger charge is 2.37. The molecule has 3 aliphatic rings. The molecule has 3 heterocycles. The van der Waals surface area contributed by atoms with Crippen LogP contribution in [0.2, 0.25) is 10.0 Å². The Morgan fingerprint density at radius 1 is 1.25 bits per heavy atom. The summed E-state index contributed by atoms with van der Waals surface area (Å²) >= 11 is 12.6. The molecule has 4 rings (SSSR count). The van der Waals surface area contributed by atoms with Crippen LogP contribution in [0.3, 0.4) is 0 Å². The van der Waals surface area contributed by atoms with Gasteiger partial charge in [-0.25, -0.2) is 0 Å². The molecule has 0 aromatic heterocycles. The fourth-order valence-electron chi connectivity index (χ4n) is 3.41. The summed E-state index contributed by atoms with van der Waals surface area (Å²) in [6, 6.07) is 6.67. The van der Waals surface area contributed by atoms with Crippen molar-refractivity contribution >= 4 is 23.2 Å². The predicted molar refractivity (Wildman–Crippen MR) is 84.7 cm³/mol. The number of nitrogens with zero attached hydrogens (tertiary/aromatic N) is 2. The monoisotopic (exact) mass is 313 g/mol. The smallest absolute Gasteiger partial charge is 0.0640 e. The first-order valence-electron chi connectivity index (χ1n) is 7.34. The Bertz CT molecular complexity index is 472. The SMILES string of the molecule is CCNC(c1cccc(Cl)c1Cl)C1CN2CCN1CC2. The molecule has 110 valence electrons. The number of likely N-dealkylation sites (N-methyl/N-ethyl adjacent to an activating group) is 1. The predicted octanol–water partition coefficient (Wildman–Crippen LogP) is 2.64. The van der Waals surface area contributed by atoms with E-state index in [-0.39, 0.29) is 6.04 Å². The van der Waals surface area contributed by atoms with Gasteiger partial charge in [-0.05, 0) is 18.2 Å². The lowest BCUT2D eigenvalue weighted by Crippen LogP contribution is -2.64. The highest BCUT2D eigenvalue weighted by atomic mass is 35.5. The molecule has 1 N–H and O–H groups in total. The van der Waals surface area contributed by atoms with Crippen LogP contribution in [0, 0.1) is 0 Å². The van der Waals surface area contributed by atoms with Crippen LogP contribution in [0.4, 0.5) is 0 Å². The minimum Gasteiger partial charge on any atom is -0.309 e. The summed E-state index contributed by atoms with van der Waals surface area (Å²) in [5.41, 5.74) is 1.12. The van der Waals surface area contributed by atoms with E-state index in [1.165, 1.54) is 13.1 Å². The van der Waals surface area contributed by atoms with Crippen LogP contribution in [0.25, 0.3) is 0 Å². The Morgan fingerprint density at radius 2 is 2.00 bits per heavy atom. The van der Waals surface area contributed by atoms with Crippen molar-refractivity contribution in [3.05, 3.63) is 33.8 Å². The maximum absolute atomic E-state index is 6.44. The molecule has 0 radical (unpaired) electrons. The summed E-state index contributed by atoms with van der Waals surface area (Å²) in [5.74, 6) is 0. The summed E-state index contributed by atoms with van der Waals surface area (Å²) in [4.78, 5) is 5.14. The fourth-order valence-corrected chi connectivity index (χ4v) is 3.83. The van der Waals surface area contributed by atoms with Gasteiger partial charge in [-0.15, -0.1) is 0 Å². The van der Waals surface area contributed by atoms with E-state index in [1.54, 1.807) is 0 Å². The summed E-state index contributed by atoms with van der Waals surface area (Å²) in [6.07, 6.45) is 0. The number of hydrogen-bond acceptors (Lipinski definition) is 3.